The fraction of sp³-hybridized carbons (Fsp3) is 0.943. The molecule has 17 nitrogen and oxygen atoms in total. The van der Waals surface area contributed by atoms with Gasteiger partial charge in [-0.1, -0.05) is 293 Å². The van der Waals surface area contributed by atoms with Crippen LogP contribution in [0.1, 0.15) is 344 Å². The molecule has 0 aliphatic rings. The van der Waals surface area contributed by atoms with Crippen molar-refractivity contribution in [3.05, 3.63) is 0 Å². The molecule has 0 spiro atoms. The summed E-state index contributed by atoms with van der Waals surface area (Å²) in [4.78, 5) is 72.6. The van der Waals surface area contributed by atoms with Gasteiger partial charge >= 0.3 is 39.5 Å². The van der Waals surface area contributed by atoms with Gasteiger partial charge in [0, 0.05) is 25.7 Å². The number of hydrogen-bond donors (Lipinski definition) is 3. The Balaban J connectivity index is 5.27. The summed E-state index contributed by atoms with van der Waals surface area (Å²) in [7, 11) is -9.90. The number of carbonyl (C=O) groups is 4. The van der Waals surface area contributed by atoms with Crippen molar-refractivity contribution < 1.29 is 80.2 Å². The maximum Gasteiger partial charge on any atom is 0.472 e. The molecule has 0 amide bonds. The molecule has 19 heteroatoms. The van der Waals surface area contributed by atoms with Crippen LogP contribution in [-0.4, -0.2) is 96.7 Å². The Bertz CT molecular complexity index is 1770. The molecule has 528 valence electrons. The minimum Gasteiger partial charge on any atom is -0.462 e. The zero-order valence-electron chi connectivity index (χ0n) is 58.1. The number of unbranched alkanes of at least 4 members (excludes halogenated alkanes) is 32. The lowest BCUT2D eigenvalue weighted by molar-refractivity contribution is -0.161. The second kappa shape index (κ2) is 59.8. The van der Waals surface area contributed by atoms with Crippen LogP contribution in [0.5, 0.6) is 0 Å². The largest absolute Gasteiger partial charge is 0.472 e. The average Bonchev–Trinajstić information content (AvgIpc) is 3.64. The number of aliphatic hydroxyl groups is 1. The van der Waals surface area contributed by atoms with Crippen LogP contribution in [0, 0.1) is 23.7 Å². The SMILES string of the molecule is CCC(C)CCCCCCCCCCC(=O)OC[C@H](COP(=O)(O)OCC(O)COP(=O)(O)OC[C@@H](COC(=O)CCCCCCCCCCC(C)C)OC(=O)CCCCCCCCCCCCCC(C)C)OC(=O)CCCCCCCCCCCC(C)C. The highest BCUT2D eigenvalue weighted by Gasteiger charge is 2.30. The maximum absolute atomic E-state index is 13.0. The molecule has 3 N–H and O–H groups in total. The number of carbonyl (C=O) groups excluding carboxylic acids is 4. The molecule has 0 aromatic heterocycles. The molecule has 89 heavy (non-hydrogen) atoms. The summed E-state index contributed by atoms with van der Waals surface area (Å²) >= 11 is 0. The molecular weight excluding hydrogens is 1170 g/mol. The lowest BCUT2D eigenvalue weighted by Crippen LogP contribution is -2.30. The molecule has 0 saturated heterocycles. The lowest BCUT2D eigenvalue weighted by Gasteiger charge is -2.21. The van der Waals surface area contributed by atoms with Gasteiger partial charge in [0.05, 0.1) is 26.4 Å². The first kappa shape index (κ1) is 87.1. The summed E-state index contributed by atoms with van der Waals surface area (Å²) in [5.41, 5.74) is 0. The van der Waals surface area contributed by atoms with Crippen LogP contribution < -0.4 is 0 Å². The second-order valence-electron chi connectivity index (χ2n) is 26.9. The lowest BCUT2D eigenvalue weighted by atomic mass is 9.99. The molecule has 0 aromatic carbocycles. The highest BCUT2D eigenvalue weighted by molar-refractivity contribution is 7.47. The Labute approximate surface area is 543 Å². The smallest absolute Gasteiger partial charge is 0.462 e. The Hall–Kier alpha value is -1.94. The topological polar surface area (TPSA) is 237 Å². The van der Waals surface area contributed by atoms with Crippen LogP contribution in [-0.2, 0) is 65.4 Å². The van der Waals surface area contributed by atoms with Crippen molar-refractivity contribution >= 4 is 39.5 Å². The molecule has 6 atom stereocenters. The highest BCUT2D eigenvalue weighted by atomic mass is 31.2. The Morgan fingerprint density at radius 1 is 0.315 bits per heavy atom. The van der Waals surface area contributed by atoms with E-state index in [2.05, 4.69) is 55.4 Å². The number of aliphatic hydroxyl groups excluding tert-OH is 1. The van der Waals surface area contributed by atoms with Crippen molar-refractivity contribution in [3.63, 3.8) is 0 Å². The molecule has 0 rings (SSSR count). The molecular formula is C70H136O17P2. The van der Waals surface area contributed by atoms with Gasteiger partial charge in [-0.15, -0.1) is 0 Å². The van der Waals surface area contributed by atoms with Gasteiger partial charge in [-0.05, 0) is 49.4 Å². The van der Waals surface area contributed by atoms with Crippen molar-refractivity contribution in [2.45, 2.75) is 363 Å². The summed E-state index contributed by atoms with van der Waals surface area (Å²) in [6.45, 7) is 14.1. The standard InChI is InChI=1S/C70H136O17P2/c1-9-63(8)49-41-33-25-19-21-27-35-43-51-68(73)81-57-66(87-70(75)53-45-37-29-17-13-15-23-31-39-47-61(4)5)59-85-89(78,79)83-55-64(71)54-82-88(76,77)84-58-65(56-80-67(72)50-42-34-26-20-18-24-32-40-48-62(6)7)86-69(74)52-44-36-28-16-12-10-11-14-22-30-38-46-60(2)3/h60-66,71H,9-59H2,1-8H3,(H,76,77)(H,78,79)/t63?,64?,65-,66-/m1/s1. The van der Waals surface area contributed by atoms with E-state index < -0.39 is 97.5 Å². The number of phosphoric ester groups is 2. The van der Waals surface area contributed by atoms with Gasteiger partial charge in [0.15, 0.2) is 12.2 Å². The fourth-order valence-electron chi connectivity index (χ4n) is 10.5. The molecule has 0 radical (unpaired) electrons. The molecule has 0 heterocycles. The molecule has 4 unspecified atom stereocenters. The van der Waals surface area contributed by atoms with Crippen LogP contribution in [0.25, 0.3) is 0 Å². The van der Waals surface area contributed by atoms with Crippen LogP contribution in [0.4, 0.5) is 0 Å². The molecule has 0 fully saturated rings. The van der Waals surface area contributed by atoms with Crippen LogP contribution in [0.3, 0.4) is 0 Å². The Morgan fingerprint density at radius 2 is 0.539 bits per heavy atom. The van der Waals surface area contributed by atoms with Crippen LogP contribution >= 0.6 is 15.6 Å². The van der Waals surface area contributed by atoms with Crippen molar-refractivity contribution in [1.82, 2.24) is 0 Å². The number of hydrogen-bond acceptors (Lipinski definition) is 15. The van der Waals surface area contributed by atoms with E-state index in [1.165, 1.54) is 148 Å². The number of rotatable bonds is 67. The summed E-state index contributed by atoms with van der Waals surface area (Å²) < 4.78 is 68.3. The van der Waals surface area contributed by atoms with E-state index in [-0.39, 0.29) is 25.7 Å². The third-order valence-corrected chi connectivity index (χ3v) is 18.3. The third kappa shape index (κ3) is 63.2. The first-order valence-electron chi connectivity index (χ1n) is 36.2. The summed E-state index contributed by atoms with van der Waals surface area (Å²) in [6.07, 6.45) is 41.6. The van der Waals surface area contributed by atoms with Gasteiger partial charge in [0.1, 0.15) is 19.3 Å². The van der Waals surface area contributed by atoms with E-state index in [1.54, 1.807) is 0 Å². The minimum absolute atomic E-state index is 0.104. The zero-order valence-corrected chi connectivity index (χ0v) is 59.8. The van der Waals surface area contributed by atoms with Gasteiger partial charge in [-0.3, -0.25) is 37.3 Å². The first-order chi connectivity index (χ1) is 42.6. The Morgan fingerprint density at radius 3 is 0.798 bits per heavy atom. The normalized spacial score (nSPS) is 14.6. The minimum atomic E-state index is -4.95. The summed E-state index contributed by atoms with van der Waals surface area (Å²) in [5, 5.41) is 10.6. The van der Waals surface area contributed by atoms with Crippen LogP contribution in [0.15, 0.2) is 0 Å². The van der Waals surface area contributed by atoms with Gasteiger partial charge in [-0.2, -0.15) is 0 Å². The number of esters is 4. The molecule has 0 aromatic rings. The number of ether oxygens (including phenoxy) is 4. The maximum atomic E-state index is 13.0. The summed E-state index contributed by atoms with van der Waals surface area (Å²) in [5.74, 6) is 0.876. The average molecular weight is 1310 g/mol. The van der Waals surface area contributed by atoms with Gasteiger partial charge in [0.25, 0.3) is 0 Å². The van der Waals surface area contributed by atoms with Gasteiger partial charge in [0.2, 0.25) is 0 Å². The third-order valence-electron chi connectivity index (χ3n) is 16.4. The molecule has 0 saturated carbocycles. The molecule has 0 aliphatic heterocycles. The Kier molecular flexibility index (Phi) is 58.5. The van der Waals surface area contributed by atoms with E-state index >= 15 is 0 Å². The van der Waals surface area contributed by atoms with Crippen molar-refractivity contribution in [1.29, 1.82) is 0 Å². The molecule has 0 bridgehead atoms. The highest BCUT2D eigenvalue weighted by Crippen LogP contribution is 2.45. The van der Waals surface area contributed by atoms with E-state index in [0.29, 0.717) is 25.7 Å². The number of phosphoric acid groups is 2. The monoisotopic (exact) mass is 1310 g/mol. The zero-order chi connectivity index (χ0) is 66.1. The predicted octanol–water partition coefficient (Wildman–Crippen LogP) is 19.7. The van der Waals surface area contributed by atoms with Crippen molar-refractivity contribution in [3.8, 4) is 0 Å². The van der Waals surface area contributed by atoms with E-state index in [1.807, 2.05) is 0 Å². The first-order valence-corrected chi connectivity index (χ1v) is 39.2. The van der Waals surface area contributed by atoms with E-state index in [9.17, 15) is 43.2 Å². The van der Waals surface area contributed by atoms with Gasteiger partial charge in [-0.25, -0.2) is 9.13 Å². The van der Waals surface area contributed by atoms with Crippen molar-refractivity contribution in [2.24, 2.45) is 23.7 Å². The quantitative estimate of drug-likeness (QED) is 0.0222. The second-order valence-corrected chi connectivity index (χ2v) is 29.8. The summed E-state index contributed by atoms with van der Waals surface area (Å²) in [6, 6.07) is 0. The predicted molar refractivity (Wildman–Crippen MR) is 358 cm³/mol. The van der Waals surface area contributed by atoms with Crippen LogP contribution in [0.2, 0.25) is 0 Å². The van der Waals surface area contributed by atoms with E-state index in [0.717, 1.165) is 114 Å². The van der Waals surface area contributed by atoms with Crippen molar-refractivity contribution in [2.75, 3.05) is 39.6 Å². The molecule has 0 aliphatic carbocycles. The van der Waals surface area contributed by atoms with Gasteiger partial charge < -0.3 is 33.8 Å². The fourth-order valence-corrected chi connectivity index (χ4v) is 12.0. The van der Waals surface area contributed by atoms with E-state index in [4.69, 9.17) is 37.0 Å².